The van der Waals surface area contributed by atoms with Crippen LogP contribution in [-0.2, 0) is 9.53 Å². The molecule has 2 N–H and O–H groups in total. The Morgan fingerprint density at radius 2 is 1.89 bits per heavy atom. The van der Waals surface area contributed by atoms with Crippen molar-refractivity contribution in [1.29, 1.82) is 0 Å². The van der Waals surface area contributed by atoms with Crippen LogP contribution in [0.1, 0.15) is 25.0 Å². The highest BCUT2D eigenvalue weighted by Crippen LogP contribution is 2.27. The van der Waals surface area contributed by atoms with E-state index in [4.69, 9.17) is 0 Å². The molecule has 0 fully saturated rings. The molecule has 0 aliphatic carbocycles. The average Bonchev–Trinajstić information content (AvgIpc) is 2.27. The van der Waals surface area contributed by atoms with Crippen molar-refractivity contribution in [2.75, 3.05) is 6.61 Å². The Morgan fingerprint density at radius 1 is 1.37 bits per heavy atom. The molecule has 2 unspecified atom stereocenters. The van der Waals surface area contributed by atoms with E-state index in [0.29, 0.717) is 0 Å². The third-order valence-corrected chi connectivity index (χ3v) is 2.84. The van der Waals surface area contributed by atoms with Crippen LogP contribution in [-0.4, -0.2) is 28.9 Å². The molecule has 0 heterocycles. The second kappa shape index (κ2) is 6.93. The highest BCUT2D eigenvalue weighted by molar-refractivity contribution is 9.10. The molecule has 0 saturated heterocycles. The van der Waals surface area contributed by atoms with Crippen molar-refractivity contribution < 1.29 is 28.5 Å². The van der Waals surface area contributed by atoms with Crippen molar-refractivity contribution in [2.24, 2.45) is 0 Å². The molecule has 1 aromatic carbocycles. The summed E-state index contributed by atoms with van der Waals surface area (Å²) in [5.74, 6) is -2.78. The standard InChI is InChI=1S/C12H13BrF2O4/c1-2-19-10(17)5-9(16)12(18)11-7(14)3-6(13)4-8(11)15/h3-4,9,12,16,18H,2,5H2,1H3. The molecule has 0 spiro atoms. The Bertz CT molecular complexity index is 444. The van der Waals surface area contributed by atoms with Crippen molar-refractivity contribution in [3.8, 4) is 0 Å². The van der Waals surface area contributed by atoms with Gasteiger partial charge in [-0.1, -0.05) is 15.9 Å². The molecule has 1 aromatic rings. The average molecular weight is 339 g/mol. The summed E-state index contributed by atoms with van der Waals surface area (Å²) in [6.45, 7) is 1.69. The molecule has 0 radical (unpaired) electrons. The predicted octanol–water partition coefficient (Wildman–Crippen LogP) is 2.07. The fourth-order valence-corrected chi connectivity index (χ4v) is 1.93. The van der Waals surface area contributed by atoms with Gasteiger partial charge in [-0.2, -0.15) is 0 Å². The number of carbonyl (C=O) groups is 1. The molecule has 7 heteroatoms. The minimum Gasteiger partial charge on any atom is -0.466 e. The number of hydrogen-bond acceptors (Lipinski definition) is 4. The molecule has 1 rings (SSSR count). The minimum atomic E-state index is -1.85. The molecule has 0 aliphatic rings. The van der Waals surface area contributed by atoms with E-state index < -0.39 is 41.8 Å². The molecule has 2 atom stereocenters. The van der Waals surface area contributed by atoms with Gasteiger partial charge >= 0.3 is 5.97 Å². The summed E-state index contributed by atoms with van der Waals surface area (Å²) in [5, 5.41) is 19.3. The fraction of sp³-hybridized carbons (Fsp3) is 0.417. The van der Waals surface area contributed by atoms with Crippen molar-refractivity contribution >= 4 is 21.9 Å². The number of halogens is 3. The van der Waals surface area contributed by atoms with Crippen LogP contribution in [0.4, 0.5) is 8.78 Å². The molecule has 0 aliphatic heterocycles. The van der Waals surface area contributed by atoms with Crippen molar-refractivity contribution in [3.05, 3.63) is 33.8 Å². The second-order valence-electron chi connectivity index (χ2n) is 3.80. The SMILES string of the molecule is CCOC(=O)CC(O)C(O)c1c(F)cc(Br)cc1F. The number of rotatable bonds is 5. The Labute approximate surface area is 117 Å². The van der Waals surface area contributed by atoms with Crippen LogP contribution in [0.5, 0.6) is 0 Å². The molecule has 19 heavy (non-hydrogen) atoms. The van der Waals surface area contributed by atoms with Gasteiger partial charge in [0.25, 0.3) is 0 Å². The molecule has 0 bridgehead atoms. The summed E-state index contributed by atoms with van der Waals surface area (Å²) < 4.78 is 31.8. The molecular weight excluding hydrogens is 326 g/mol. The Kier molecular flexibility index (Phi) is 5.84. The lowest BCUT2D eigenvalue weighted by atomic mass is 10.0. The second-order valence-corrected chi connectivity index (χ2v) is 4.72. The first-order valence-corrected chi connectivity index (χ1v) is 6.32. The fourth-order valence-electron chi connectivity index (χ4n) is 1.53. The zero-order chi connectivity index (χ0) is 14.6. The van der Waals surface area contributed by atoms with E-state index in [2.05, 4.69) is 20.7 Å². The van der Waals surface area contributed by atoms with Crippen LogP contribution in [0.15, 0.2) is 16.6 Å². The smallest absolute Gasteiger partial charge is 0.308 e. The lowest BCUT2D eigenvalue weighted by Crippen LogP contribution is -2.24. The van der Waals surface area contributed by atoms with E-state index in [0.717, 1.165) is 12.1 Å². The van der Waals surface area contributed by atoms with Crippen molar-refractivity contribution in [3.63, 3.8) is 0 Å². The molecule has 0 aromatic heterocycles. The predicted molar refractivity (Wildman–Crippen MR) is 66.3 cm³/mol. The number of carbonyl (C=O) groups excluding carboxylic acids is 1. The largest absolute Gasteiger partial charge is 0.466 e. The van der Waals surface area contributed by atoms with E-state index in [9.17, 15) is 23.8 Å². The quantitative estimate of drug-likeness (QED) is 0.806. The Balaban J connectivity index is 2.88. The zero-order valence-corrected chi connectivity index (χ0v) is 11.7. The van der Waals surface area contributed by atoms with Crippen LogP contribution in [0.25, 0.3) is 0 Å². The Hall–Kier alpha value is -1.05. The van der Waals surface area contributed by atoms with Gasteiger partial charge in [-0.05, 0) is 19.1 Å². The van der Waals surface area contributed by atoms with Gasteiger partial charge in [-0.3, -0.25) is 4.79 Å². The lowest BCUT2D eigenvalue weighted by molar-refractivity contribution is -0.147. The van der Waals surface area contributed by atoms with Crippen molar-refractivity contribution in [1.82, 2.24) is 0 Å². The molecular formula is C12H13BrF2O4. The molecule has 0 saturated carbocycles. The number of benzene rings is 1. The summed E-state index contributed by atoms with van der Waals surface area (Å²) in [6, 6.07) is 1.91. The number of esters is 1. The number of hydrogen-bond donors (Lipinski definition) is 2. The van der Waals surface area contributed by atoms with E-state index >= 15 is 0 Å². The summed E-state index contributed by atoms with van der Waals surface area (Å²) in [4.78, 5) is 11.1. The van der Waals surface area contributed by atoms with Gasteiger partial charge in [0.05, 0.1) is 24.7 Å². The summed E-state index contributed by atoms with van der Waals surface area (Å²) in [6.07, 6.45) is -4.05. The topological polar surface area (TPSA) is 66.8 Å². The molecule has 4 nitrogen and oxygen atoms in total. The van der Waals surface area contributed by atoms with Gasteiger partial charge in [0.15, 0.2) is 0 Å². The van der Waals surface area contributed by atoms with Crippen LogP contribution in [0.3, 0.4) is 0 Å². The highest BCUT2D eigenvalue weighted by atomic mass is 79.9. The molecule has 106 valence electrons. The molecule has 0 amide bonds. The van der Waals surface area contributed by atoms with E-state index in [1.54, 1.807) is 6.92 Å². The first kappa shape index (κ1) is 16.0. The normalized spacial score (nSPS) is 14.0. The third kappa shape index (κ3) is 4.22. The summed E-state index contributed by atoms with van der Waals surface area (Å²) in [7, 11) is 0. The maximum Gasteiger partial charge on any atom is 0.308 e. The zero-order valence-electron chi connectivity index (χ0n) is 10.1. The number of aliphatic hydroxyl groups excluding tert-OH is 2. The van der Waals surface area contributed by atoms with Crippen molar-refractivity contribution in [2.45, 2.75) is 25.6 Å². The minimum absolute atomic E-state index is 0.114. The highest BCUT2D eigenvalue weighted by Gasteiger charge is 2.27. The van der Waals surface area contributed by atoms with Crippen LogP contribution >= 0.6 is 15.9 Å². The first-order valence-electron chi connectivity index (χ1n) is 5.53. The Morgan fingerprint density at radius 3 is 2.37 bits per heavy atom. The van der Waals surface area contributed by atoms with E-state index in [-0.39, 0.29) is 11.1 Å². The van der Waals surface area contributed by atoms with Gasteiger partial charge in [-0.15, -0.1) is 0 Å². The maximum absolute atomic E-state index is 13.6. The van der Waals surface area contributed by atoms with Gasteiger partial charge in [0.1, 0.15) is 17.7 Å². The summed E-state index contributed by atoms with van der Waals surface area (Å²) in [5.41, 5.74) is -0.681. The third-order valence-electron chi connectivity index (χ3n) is 2.39. The van der Waals surface area contributed by atoms with Gasteiger partial charge in [-0.25, -0.2) is 8.78 Å². The monoisotopic (exact) mass is 338 g/mol. The van der Waals surface area contributed by atoms with Gasteiger partial charge in [0, 0.05) is 4.47 Å². The van der Waals surface area contributed by atoms with Crippen LogP contribution in [0, 0.1) is 11.6 Å². The van der Waals surface area contributed by atoms with Crippen LogP contribution < -0.4 is 0 Å². The van der Waals surface area contributed by atoms with Gasteiger partial charge < -0.3 is 14.9 Å². The van der Waals surface area contributed by atoms with E-state index in [1.165, 1.54) is 0 Å². The lowest BCUT2D eigenvalue weighted by Gasteiger charge is -2.18. The first-order chi connectivity index (χ1) is 8.86. The number of ether oxygens (including phenoxy) is 1. The van der Waals surface area contributed by atoms with Gasteiger partial charge in [0.2, 0.25) is 0 Å². The van der Waals surface area contributed by atoms with Crippen LogP contribution in [0.2, 0.25) is 0 Å². The summed E-state index contributed by atoms with van der Waals surface area (Å²) >= 11 is 2.90. The number of aliphatic hydroxyl groups is 2. The van der Waals surface area contributed by atoms with E-state index in [1.807, 2.05) is 0 Å². The maximum atomic E-state index is 13.6.